The van der Waals surface area contributed by atoms with Gasteiger partial charge in [-0.3, -0.25) is 0 Å². The van der Waals surface area contributed by atoms with Crippen LogP contribution in [-0.2, 0) is 11.3 Å². The first-order valence-corrected chi connectivity index (χ1v) is 7.29. The molecule has 2 aromatic carbocycles. The van der Waals surface area contributed by atoms with Crippen molar-refractivity contribution in [2.45, 2.75) is 20.5 Å². The maximum atomic E-state index is 11.9. The van der Waals surface area contributed by atoms with Crippen LogP contribution in [0.3, 0.4) is 0 Å². The number of esters is 1. The van der Waals surface area contributed by atoms with Gasteiger partial charge in [0.05, 0.1) is 17.9 Å². The van der Waals surface area contributed by atoms with Gasteiger partial charge in [-0.15, -0.1) is 0 Å². The SMILES string of the molecule is CC(C)COC(=O)c1ccc(OCc2ccccc2)c(N)c1. The fraction of sp³-hybridized carbons (Fsp3) is 0.278. The Morgan fingerprint density at radius 3 is 2.50 bits per heavy atom. The van der Waals surface area contributed by atoms with Crippen LogP contribution in [0.2, 0.25) is 0 Å². The van der Waals surface area contributed by atoms with Crippen molar-refractivity contribution < 1.29 is 14.3 Å². The summed E-state index contributed by atoms with van der Waals surface area (Å²) >= 11 is 0. The summed E-state index contributed by atoms with van der Waals surface area (Å²) in [7, 11) is 0. The lowest BCUT2D eigenvalue weighted by Crippen LogP contribution is -2.10. The Kier molecular flexibility index (Phi) is 5.42. The standard InChI is InChI=1S/C18H21NO3/c1-13(2)11-22-18(20)15-8-9-17(16(19)10-15)21-12-14-6-4-3-5-7-14/h3-10,13H,11-12,19H2,1-2H3. The number of hydrogen-bond acceptors (Lipinski definition) is 4. The monoisotopic (exact) mass is 299 g/mol. The molecule has 0 saturated heterocycles. The van der Waals surface area contributed by atoms with E-state index in [0.717, 1.165) is 5.56 Å². The zero-order chi connectivity index (χ0) is 15.9. The van der Waals surface area contributed by atoms with E-state index in [1.165, 1.54) is 0 Å². The molecule has 0 radical (unpaired) electrons. The minimum Gasteiger partial charge on any atom is -0.487 e. The summed E-state index contributed by atoms with van der Waals surface area (Å²) in [5, 5.41) is 0. The highest BCUT2D eigenvalue weighted by Gasteiger charge is 2.11. The van der Waals surface area contributed by atoms with Gasteiger partial charge in [0.15, 0.2) is 0 Å². The van der Waals surface area contributed by atoms with Gasteiger partial charge in [0.2, 0.25) is 0 Å². The van der Waals surface area contributed by atoms with Crippen molar-refractivity contribution in [1.82, 2.24) is 0 Å². The summed E-state index contributed by atoms with van der Waals surface area (Å²) in [6.07, 6.45) is 0. The molecule has 0 saturated carbocycles. The molecule has 2 rings (SSSR count). The fourth-order valence-corrected chi connectivity index (χ4v) is 1.87. The Hall–Kier alpha value is -2.49. The van der Waals surface area contributed by atoms with Gasteiger partial charge in [-0.2, -0.15) is 0 Å². The molecular formula is C18H21NO3. The molecule has 22 heavy (non-hydrogen) atoms. The van der Waals surface area contributed by atoms with Crippen LogP contribution in [0.5, 0.6) is 5.75 Å². The molecule has 0 fully saturated rings. The van der Waals surface area contributed by atoms with Crippen LogP contribution in [0.15, 0.2) is 48.5 Å². The molecule has 0 atom stereocenters. The number of nitrogen functional groups attached to an aromatic ring is 1. The molecule has 4 nitrogen and oxygen atoms in total. The number of carbonyl (C=O) groups is 1. The van der Waals surface area contributed by atoms with Crippen molar-refractivity contribution in [3.05, 3.63) is 59.7 Å². The molecule has 0 aromatic heterocycles. The quantitative estimate of drug-likeness (QED) is 0.653. The van der Waals surface area contributed by atoms with Gasteiger partial charge >= 0.3 is 5.97 Å². The van der Waals surface area contributed by atoms with Gasteiger partial charge in [0.25, 0.3) is 0 Å². The Bertz CT molecular complexity index is 623. The molecule has 0 aliphatic heterocycles. The number of benzene rings is 2. The summed E-state index contributed by atoms with van der Waals surface area (Å²) in [6.45, 7) is 4.80. The fourth-order valence-electron chi connectivity index (χ4n) is 1.87. The number of ether oxygens (including phenoxy) is 2. The number of nitrogens with two attached hydrogens (primary N) is 1. The summed E-state index contributed by atoms with van der Waals surface area (Å²) in [5.74, 6) is 0.494. The second-order valence-corrected chi connectivity index (χ2v) is 5.52. The van der Waals surface area contributed by atoms with Crippen LogP contribution >= 0.6 is 0 Å². The summed E-state index contributed by atoms with van der Waals surface area (Å²) in [4.78, 5) is 11.9. The van der Waals surface area contributed by atoms with Crippen molar-refractivity contribution in [1.29, 1.82) is 0 Å². The Balaban J connectivity index is 1.98. The van der Waals surface area contributed by atoms with E-state index < -0.39 is 0 Å². The second kappa shape index (κ2) is 7.50. The van der Waals surface area contributed by atoms with Crippen LogP contribution in [0.25, 0.3) is 0 Å². The van der Waals surface area contributed by atoms with E-state index in [4.69, 9.17) is 15.2 Å². The zero-order valence-electron chi connectivity index (χ0n) is 12.9. The van der Waals surface area contributed by atoms with Crippen molar-refractivity contribution in [3.8, 4) is 5.75 Å². The van der Waals surface area contributed by atoms with E-state index in [2.05, 4.69) is 0 Å². The van der Waals surface area contributed by atoms with E-state index >= 15 is 0 Å². The summed E-state index contributed by atoms with van der Waals surface area (Å²) in [5.41, 5.74) is 7.87. The van der Waals surface area contributed by atoms with Gasteiger partial charge in [0, 0.05) is 0 Å². The highest BCUT2D eigenvalue weighted by molar-refractivity contribution is 5.91. The Labute approximate surface area is 130 Å². The predicted molar refractivity (Wildman–Crippen MR) is 86.7 cm³/mol. The molecule has 0 heterocycles. The smallest absolute Gasteiger partial charge is 0.338 e. The highest BCUT2D eigenvalue weighted by Crippen LogP contribution is 2.24. The van der Waals surface area contributed by atoms with Crippen LogP contribution in [0.1, 0.15) is 29.8 Å². The third-order valence-corrected chi connectivity index (χ3v) is 3.03. The minimum absolute atomic E-state index is 0.301. The first kappa shape index (κ1) is 15.9. The largest absolute Gasteiger partial charge is 0.487 e. The van der Waals surface area contributed by atoms with E-state index in [1.54, 1.807) is 18.2 Å². The Morgan fingerprint density at radius 1 is 1.14 bits per heavy atom. The van der Waals surface area contributed by atoms with Crippen LogP contribution < -0.4 is 10.5 Å². The minimum atomic E-state index is -0.366. The molecular weight excluding hydrogens is 278 g/mol. The summed E-state index contributed by atoms with van der Waals surface area (Å²) < 4.78 is 10.9. The van der Waals surface area contributed by atoms with Gasteiger partial charge in [0.1, 0.15) is 12.4 Å². The van der Waals surface area contributed by atoms with Gasteiger partial charge in [-0.1, -0.05) is 44.2 Å². The van der Waals surface area contributed by atoms with Crippen molar-refractivity contribution in [2.24, 2.45) is 5.92 Å². The topological polar surface area (TPSA) is 61.5 Å². The van der Waals surface area contributed by atoms with Gasteiger partial charge < -0.3 is 15.2 Å². The van der Waals surface area contributed by atoms with Crippen molar-refractivity contribution in [2.75, 3.05) is 12.3 Å². The molecule has 0 unspecified atom stereocenters. The molecule has 0 aliphatic carbocycles. The maximum Gasteiger partial charge on any atom is 0.338 e. The first-order chi connectivity index (χ1) is 10.6. The number of hydrogen-bond donors (Lipinski definition) is 1. The zero-order valence-corrected chi connectivity index (χ0v) is 12.9. The maximum absolute atomic E-state index is 11.9. The van der Waals surface area contributed by atoms with Crippen LogP contribution in [0, 0.1) is 5.92 Å². The normalized spacial score (nSPS) is 10.5. The average molecular weight is 299 g/mol. The molecule has 0 aliphatic rings. The molecule has 0 spiro atoms. The van der Waals surface area contributed by atoms with Crippen molar-refractivity contribution >= 4 is 11.7 Å². The third-order valence-electron chi connectivity index (χ3n) is 3.03. The highest BCUT2D eigenvalue weighted by atomic mass is 16.5. The molecule has 2 aromatic rings. The number of rotatable bonds is 6. The van der Waals surface area contributed by atoms with Gasteiger partial charge in [-0.25, -0.2) is 4.79 Å². The average Bonchev–Trinajstić information content (AvgIpc) is 2.52. The lowest BCUT2D eigenvalue weighted by Gasteiger charge is -2.11. The van der Waals surface area contributed by atoms with E-state index in [-0.39, 0.29) is 5.97 Å². The number of anilines is 1. The van der Waals surface area contributed by atoms with E-state index in [1.807, 2.05) is 44.2 Å². The van der Waals surface area contributed by atoms with Crippen molar-refractivity contribution in [3.63, 3.8) is 0 Å². The molecule has 116 valence electrons. The molecule has 2 N–H and O–H groups in total. The summed E-state index contributed by atoms with van der Waals surface area (Å²) in [6, 6.07) is 14.8. The van der Waals surface area contributed by atoms with Crippen LogP contribution in [0.4, 0.5) is 5.69 Å². The van der Waals surface area contributed by atoms with E-state index in [0.29, 0.717) is 36.1 Å². The van der Waals surface area contributed by atoms with Crippen LogP contribution in [-0.4, -0.2) is 12.6 Å². The third kappa shape index (κ3) is 4.52. The molecule has 0 bridgehead atoms. The molecule has 4 heteroatoms. The Morgan fingerprint density at radius 2 is 1.86 bits per heavy atom. The molecule has 0 amide bonds. The lowest BCUT2D eigenvalue weighted by atomic mass is 10.2. The second-order valence-electron chi connectivity index (χ2n) is 5.52. The lowest BCUT2D eigenvalue weighted by molar-refractivity contribution is 0.0459. The van der Waals surface area contributed by atoms with Gasteiger partial charge in [-0.05, 0) is 29.7 Å². The number of carbonyl (C=O) groups excluding carboxylic acids is 1. The van der Waals surface area contributed by atoms with E-state index in [9.17, 15) is 4.79 Å². The first-order valence-electron chi connectivity index (χ1n) is 7.29. The predicted octanol–water partition coefficient (Wildman–Crippen LogP) is 3.66.